The first-order valence-electron chi connectivity index (χ1n) is 17.8. The van der Waals surface area contributed by atoms with Crippen LogP contribution < -0.4 is 4.90 Å². The summed E-state index contributed by atoms with van der Waals surface area (Å²) in [5, 5.41) is 0. The van der Waals surface area contributed by atoms with E-state index in [0.29, 0.717) is 17.5 Å². The van der Waals surface area contributed by atoms with Crippen LogP contribution in [0.5, 0.6) is 0 Å². The predicted molar refractivity (Wildman–Crippen MR) is 213 cm³/mol. The molecule has 1 aliphatic carbocycles. The maximum absolute atomic E-state index is 6.30. The summed E-state index contributed by atoms with van der Waals surface area (Å²) in [5.41, 5.74) is 13.0. The molecular formula is C47H41N3O2. The van der Waals surface area contributed by atoms with Gasteiger partial charge in [0.15, 0.2) is 11.2 Å². The molecule has 0 saturated carbocycles. The minimum absolute atomic E-state index is 0.0842. The molecule has 0 bridgehead atoms. The van der Waals surface area contributed by atoms with Gasteiger partial charge in [0.2, 0.25) is 11.8 Å². The molecule has 0 unspecified atom stereocenters. The van der Waals surface area contributed by atoms with E-state index in [9.17, 15) is 0 Å². The van der Waals surface area contributed by atoms with Crippen molar-refractivity contribution >= 4 is 39.1 Å². The van der Waals surface area contributed by atoms with Gasteiger partial charge in [0, 0.05) is 22.5 Å². The van der Waals surface area contributed by atoms with Gasteiger partial charge in [-0.1, -0.05) is 94.3 Å². The maximum Gasteiger partial charge on any atom is 0.227 e. The summed E-state index contributed by atoms with van der Waals surface area (Å²) < 4.78 is 12.1. The molecule has 7 aromatic rings. The monoisotopic (exact) mass is 679 g/mol. The standard InChI is InChI=1S/C47H41N3O2/c1-7-34(24-19-31(2)44-48-39-15-8-10-17-41(39)51-44)50(36-27-22-33(23-28-36)45-49-40-16-9-11-18-42(40)52-45)35-25-20-32(21-26-35)37-13-12-14-38-43(37)47(5,6)30-29-46(38,3)4/h1,8-28H,29-30H2,2-6H3/b31-19+,34-24+. The number of anilines is 2. The average molecular weight is 680 g/mol. The quantitative estimate of drug-likeness (QED) is 0.124. The fourth-order valence-corrected chi connectivity index (χ4v) is 7.44. The molecule has 0 atom stereocenters. The molecule has 0 saturated heterocycles. The number of para-hydroxylation sites is 4. The lowest BCUT2D eigenvalue weighted by atomic mass is 9.61. The summed E-state index contributed by atoms with van der Waals surface area (Å²) >= 11 is 0. The van der Waals surface area contributed by atoms with Gasteiger partial charge in [-0.05, 0) is 120 Å². The highest BCUT2D eigenvalue weighted by Gasteiger charge is 2.38. The van der Waals surface area contributed by atoms with E-state index >= 15 is 0 Å². The van der Waals surface area contributed by atoms with Gasteiger partial charge in [-0.25, -0.2) is 9.97 Å². The third-order valence-corrected chi connectivity index (χ3v) is 10.5. The molecule has 0 amide bonds. The van der Waals surface area contributed by atoms with E-state index in [1.54, 1.807) is 0 Å². The van der Waals surface area contributed by atoms with Crippen LogP contribution in [0.3, 0.4) is 0 Å². The fourth-order valence-electron chi connectivity index (χ4n) is 7.44. The predicted octanol–water partition coefficient (Wildman–Crippen LogP) is 12.4. The second-order valence-corrected chi connectivity index (χ2v) is 14.9. The summed E-state index contributed by atoms with van der Waals surface area (Å²) in [6, 6.07) is 39.3. The lowest BCUT2D eigenvalue weighted by Gasteiger charge is -2.43. The minimum Gasteiger partial charge on any atom is -0.436 e. The second-order valence-electron chi connectivity index (χ2n) is 14.9. The number of allylic oxidation sites excluding steroid dienone is 4. The van der Waals surface area contributed by atoms with Crippen LogP contribution in [0.1, 0.15) is 64.5 Å². The van der Waals surface area contributed by atoms with Crippen LogP contribution in [0.15, 0.2) is 142 Å². The molecule has 5 aromatic carbocycles. The third-order valence-electron chi connectivity index (χ3n) is 10.5. The molecule has 8 rings (SSSR count). The Kier molecular flexibility index (Phi) is 8.19. The van der Waals surface area contributed by atoms with Crippen LogP contribution in [-0.4, -0.2) is 9.97 Å². The summed E-state index contributed by atoms with van der Waals surface area (Å²) in [5.74, 6) is 4.10. The highest BCUT2D eigenvalue weighted by atomic mass is 16.4. The van der Waals surface area contributed by atoms with Crippen molar-refractivity contribution in [3.05, 3.63) is 150 Å². The van der Waals surface area contributed by atoms with E-state index in [4.69, 9.17) is 20.2 Å². The number of benzene rings is 5. The van der Waals surface area contributed by atoms with Crippen LogP contribution >= 0.6 is 0 Å². The minimum atomic E-state index is 0.0842. The van der Waals surface area contributed by atoms with Gasteiger partial charge in [0.05, 0.1) is 5.70 Å². The van der Waals surface area contributed by atoms with E-state index in [1.165, 1.54) is 28.7 Å². The molecule has 0 radical (unpaired) electrons. The Morgan fingerprint density at radius 1 is 0.673 bits per heavy atom. The molecule has 256 valence electrons. The Bertz CT molecular complexity index is 2470. The van der Waals surface area contributed by atoms with Gasteiger partial charge in [-0.15, -0.1) is 6.42 Å². The first kappa shape index (κ1) is 33.0. The van der Waals surface area contributed by atoms with Crippen LogP contribution in [-0.2, 0) is 10.8 Å². The average Bonchev–Trinajstić information content (AvgIpc) is 3.80. The number of aromatic nitrogens is 2. The molecule has 0 N–H and O–H groups in total. The lowest BCUT2D eigenvalue weighted by Crippen LogP contribution is -2.34. The Hall–Kier alpha value is -6.12. The number of oxazole rings is 2. The Labute approximate surface area is 305 Å². The van der Waals surface area contributed by atoms with Gasteiger partial charge >= 0.3 is 0 Å². The summed E-state index contributed by atoms with van der Waals surface area (Å²) in [4.78, 5) is 11.5. The number of hydrogen-bond acceptors (Lipinski definition) is 5. The SMILES string of the molecule is C#C/C(=C\C=C(/C)c1nc2ccccc2o1)N(c1ccc(-c2nc3ccccc3o2)cc1)c1ccc(-c2cccc3c2C(C)(C)CCC3(C)C)cc1. The molecule has 0 fully saturated rings. The molecule has 1 aliphatic rings. The van der Waals surface area contributed by atoms with Gasteiger partial charge < -0.3 is 13.7 Å². The Morgan fingerprint density at radius 3 is 1.90 bits per heavy atom. The topological polar surface area (TPSA) is 55.3 Å². The van der Waals surface area contributed by atoms with Crippen molar-refractivity contribution in [3.63, 3.8) is 0 Å². The van der Waals surface area contributed by atoms with Gasteiger partial charge in [0.25, 0.3) is 0 Å². The number of rotatable bonds is 7. The van der Waals surface area contributed by atoms with Crippen molar-refractivity contribution < 1.29 is 8.83 Å². The number of hydrogen-bond donors (Lipinski definition) is 0. The van der Waals surface area contributed by atoms with Crippen molar-refractivity contribution in [3.8, 4) is 34.9 Å². The molecule has 0 aliphatic heterocycles. The van der Waals surface area contributed by atoms with Crippen LogP contribution in [0, 0.1) is 12.3 Å². The van der Waals surface area contributed by atoms with Crippen LogP contribution in [0.4, 0.5) is 11.4 Å². The maximum atomic E-state index is 6.30. The van der Waals surface area contributed by atoms with Crippen molar-refractivity contribution in [2.24, 2.45) is 0 Å². The molecule has 2 aromatic heterocycles. The molecular weight excluding hydrogens is 639 g/mol. The molecule has 5 heteroatoms. The van der Waals surface area contributed by atoms with Gasteiger partial charge in [-0.3, -0.25) is 0 Å². The van der Waals surface area contributed by atoms with Gasteiger partial charge in [-0.2, -0.15) is 0 Å². The van der Waals surface area contributed by atoms with E-state index in [0.717, 1.165) is 51.1 Å². The normalized spacial score (nSPS) is 15.4. The highest BCUT2D eigenvalue weighted by molar-refractivity contribution is 5.80. The zero-order valence-electron chi connectivity index (χ0n) is 30.3. The van der Waals surface area contributed by atoms with Crippen LogP contribution in [0.2, 0.25) is 0 Å². The lowest BCUT2D eigenvalue weighted by molar-refractivity contribution is 0.333. The summed E-state index contributed by atoms with van der Waals surface area (Å²) in [7, 11) is 0. The zero-order valence-corrected chi connectivity index (χ0v) is 30.3. The molecule has 0 spiro atoms. The largest absolute Gasteiger partial charge is 0.436 e. The number of fused-ring (bicyclic) bond motifs is 3. The van der Waals surface area contributed by atoms with Crippen molar-refractivity contribution in [2.75, 3.05) is 4.90 Å². The second kappa shape index (κ2) is 12.9. The van der Waals surface area contributed by atoms with E-state index in [2.05, 4.69) is 98.1 Å². The van der Waals surface area contributed by atoms with E-state index < -0.39 is 0 Å². The van der Waals surface area contributed by atoms with Crippen molar-refractivity contribution in [1.29, 1.82) is 0 Å². The molecule has 5 nitrogen and oxygen atoms in total. The Morgan fingerprint density at radius 2 is 1.27 bits per heavy atom. The summed E-state index contributed by atoms with van der Waals surface area (Å²) in [6.07, 6.45) is 12.5. The zero-order chi connectivity index (χ0) is 36.0. The van der Waals surface area contributed by atoms with Crippen LogP contribution in [0.25, 0.3) is 50.4 Å². The van der Waals surface area contributed by atoms with Gasteiger partial charge in [0.1, 0.15) is 11.0 Å². The molecule has 52 heavy (non-hydrogen) atoms. The van der Waals surface area contributed by atoms with Crippen molar-refractivity contribution in [1.82, 2.24) is 9.97 Å². The number of terminal acetylenes is 1. The molecule has 2 heterocycles. The first-order chi connectivity index (χ1) is 25.1. The highest BCUT2D eigenvalue weighted by Crippen LogP contribution is 2.49. The first-order valence-corrected chi connectivity index (χ1v) is 17.8. The number of nitrogens with zero attached hydrogens (tertiary/aromatic N) is 3. The third kappa shape index (κ3) is 6.01. The smallest absolute Gasteiger partial charge is 0.227 e. The van der Waals surface area contributed by atoms with E-state index in [1.807, 2.05) is 79.7 Å². The van der Waals surface area contributed by atoms with E-state index in [-0.39, 0.29) is 10.8 Å². The fraction of sp³-hybridized carbons (Fsp3) is 0.191. The Balaban J connectivity index is 1.20. The summed E-state index contributed by atoms with van der Waals surface area (Å²) in [6.45, 7) is 11.5. The van der Waals surface area contributed by atoms with Crippen molar-refractivity contribution in [2.45, 2.75) is 58.3 Å².